The first-order valence-corrected chi connectivity index (χ1v) is 7.18. The maximum atomic E-state index is 5.92. The minimum absolute atomic E-state index is 0.564. The van der Waals surface area contributed by atoms with Crippen LogP contribution in [0, 0.1) is 0 Å². The van der Waals surface area contributed by atoms with Crippen LogP contribution >= 0.6 is 11.6 Å². The molecule has 104 valence electrons. The molecular weight excluding hydrogens is 272 g/mol. The molecule has 20 heavy (non-hydrogen) atoms. The normalized spacial score (nSPS) is 16.4. The Bertz CT molecular complexity index is 553. The van der Waals surface area contributed by atoms with Gasteiger partial charge in [0.05, 0.1) is 0 Å². The first kappa shape index (κ1) is 13.3. The van der Waals surface area contributed by atoms with Crippen molar-refractivity contribution in [3.05, 3.63) is 53.4 Å². The SMILES string of the molecule is Clc1cc(CN2CCN(c3ccccn3)CC2)ccn1. The van der Waals surface area contributed by atoms with E-state index in [1.807, 2.05) is 30.5 Å². The van der Waals surface area contributed by atoms with E-state index in [2.05, 4.69) is 25.8 Å². The number of rotatable bonds is 3. The summed E-state index contributed by atoms with van der Waals surface area (Å²) in [4.78, 5) is 13.2. The average molecular weight is 289 g/mol. The van der Waals surface area contributed by atoms with Crippen molar-refractivity contribution in [2.45, 2.75) is 6.54 Å². The zero-order chi connectivity index (χ0) is 13.8. The van der Waals surface area contributed by atoms with Gasteiger partial charge in [-0.25, -0.2) is 9.97 Å². The van der Waals surface area contributed by atoms with Gasteiger partial charge in [0, 0.05) is 45.1 Å². The van der Waals surface area contributed by atoms with Gasteiger partial charge >= 0.3 is 0 Å². The molecule has 0 N–H and O–H groups in total. The quantitative estimate of drug-likeness (QED) is 0.812. The molecular formula is C15H17ClN4. The molecule has 0 saturated carbocycles. The van der Waals surface area contributed by atoms with E-state index < -0.39 is 0 Å². The van der Waals surface area contributed by atoms with E-state index in [0.29, 0.717) is 5.15 Å². The molecule has 0 atom stereocenters. The molecule has 1 aliphatic rings. The number of piperazine rings is 1. The molecule has 2 aromatic rings. The third-order valence-electron chi connectivity index (χ3n) is 3.54. The van der Waals surface area contributed by atoms with Crippen LogP contribution in [-0.2, 0) is 6.54 Å². The van der Waals surface area contributed by atoms with Crippen LogP contribution in [0.3, 0.4) is 0 Å². The van der Waals surface area contributed by atoms with E-state index in [9.17, 15) is 0 Å². The molecule has 5 heteroatoms. The van der Waals surface area contributed by atoms with Crippen molar-refractivity contribution in [2.75, 3.05) is 31.1 Å². The van der Waals surface area contributed by atoms with Gasteiger partial charge in [-0.05, 0) is 29.8 Å². The van der Waals surface area contributed by atoms with Gasteiger partial charge in [0.2, 0.25) is 0 Å². The Morgan fingerprint density at radius 2 is 1.85 bits per heavy atom. The van der Waals surface area contributed by atoms with E-state index in [1.165, 1.54) is 5.56 Å². The lowest BCUT2D eigenvalue weighted by Gasteiger charge is -2.35. The average Bonchev–Trinajstić information content (AvgIpc) is 2.49. The Hall–Kier alpha value is -1.65. The van der Waals surface area contributed by atoms with Crippen LogP contribution in [0.25, 0.3) is 0 Å². The molecule has 1 fully saturated rings. The van der Waals surface area contributed by atoms with Gasteiger partial charge in [-0.3, -0.25) is 4.90 Å². The van der Waals surface area contributed by atoms with Gasteiger partial charge < -0.3 is 4.90 Å². The summed E-state index contributed by atoms with van der Waals surface area (Å²) in [5.41, 5.74) is 1.22. The first-order valence-electron chi connectivity index (χ1n) is 6.80. The van der Waals surface area contributed by atoms with Gasteiger partial charge in [-0.1, -0.05) is 17.7 Å². The molecule has 0 radical (unpaired) electrons. The van der Waals surface area contributed by atoms with Gasteiger partial charge in [0.25, 0.3) is 0 Å². The predicted molar refractivity (Wildman–Crippen MR) is 81.0 cm³/mol. The van der Waals surface area contributed by atoms with Gasteiger partial charge in [-0.15, -0.1) is 0 Å². The van der Waals surface area contributed by atoms with Crippen molar-refractivity contribution in [1.82, 2.24) is 14.9 Å². The zero-order valence-electron chi connectivity index (χ0n) is 11.2. The fraction of sp³-hybridized carbons (Fsp3) is 0.333. The molecule has 0 aromatic carbocycles. The summed E-state index contributed by atoms with van der Waals surface area (Å²) in [5.74, 6) is 1.07. The number of pyridine rings is 2. The third-order valence-corrected chi connectivity index (χ3v) is 3.75. The molecule has 0 amide bonds. The lowest BCUT2D eigenvalue weighted by atomic mass is 10.2. The fourth-order valence-corrected chi connectivity index (χ4v) is 2.67. The third kappa shape index (κ3) is 3.26. The van der Waals surface area contributed by atoms with E-state index >= 15 is 0 Å². The number of hydrogen-bond donors (Lipinski definition) is 0. The Labute approximate surface area is 124 Å². The van der Waals surface area contributed by atoms with Crippen molar-refractivity contribution in [3.63, 3.8) is 0 Å². The second kappa shape index (κ2) is 6.20. The Kier molecular flexibility index (Phi) is 4.14. The monoisotopic (exact) mass is 288 g/mol. The van der Waals surface area contributed by atoms with E-state index in [0.717, 1.165) is 38.5 Å². The number of halogens is 1. The van der Waals surface area contributed by atoms with Crippen LogP contribution in [0.4, 0.5) is 5.82 Å². The van der Waals surface area contributed by atoms with Crippen LogP contribution in [0.1, 0.15) is 5.56 Å². The Morgan fingerprint density at radius 1 is 1.00 bits per heavy atom. The first-order chi connectivity index (χ1) is 9.81. The fourth-order valence-electron chi connectivity index (χ4n) is 2.48. The van der Waals surface area contributed by atoms with Crippen molar-refractivity contribution >= 4 is 17.4 Å². The molecule has 0 spiro atoms. The lowest BCUT2D eigenvalue weighted by molar-refractivity contribution is 0.249. The number of nitrogens with zero attached hydrogens (tertiary/aromatic N) is 4. The lowest BCUT2D eigenvalue weighted by Crippen LogP contribution is -2.46. The smallest absolute Gasteiger partial charge is 0.129 e. The van der Waals surface area contributed by atoms with Crippen molar-refractivity contribution in [1.29, 1.82) is 0 Å². The molecule has 1 aliphatic heterocycles. The molecule has 4 nitrogen and oxygen atoms in total. The summed E-state index contributed by atoms with van der Waals surface area (Å²) >= 11 is 5.92. The second-order valence-electron chi connectivity index (χ2n) is 4.94. The second-order valence-corrected chi connectivity index (χ2v) is 5.33. The summed E-state index contributed by atoms with van der Waals surface area (Å²) < 4.78 is 0. The van der Waals surface area contributed by atoms with Gasteiger partial charge in [0.1, 0.15) is 11.0 Å². The van der Waals surface area contributed by atoms with Crippen molar-refractivity contribution in [2.24, 2.45) is 0 Å². The summed E-state index contributed by atoms with van der Waals surface area (Å²) in [7, 11) is 0. The predicted octanol–water partition coefficient (Wildman–Crippen LogP) is 2.45. The molecule has 3 rings (SSSR count). The van der Waals surface area contributed by atoms with E-state index in [4.69, 9.17) is 11.6 Å². The summed E-state index contributed by atoms with van der Waals surface area (Å²) in [6, 6.07) is 10.0. The van der Waals surface area contributed by atoms with E-state index in [1.54, 1.807) is 6.20 Å². The van der Waals surface area contributed by atoms with Crippen LogP contribution < -0.4 is 4.90 Å². The van der Waals surface area contributed by atoms with Crippen LogP contribution in [0.15, 0.2) is 42.7 Å². The Balaban J connectivity index is 1.56. The van der Waals surface area contributed by atoms with Crippen LogP contribution in [-0.4, -0.2) is 41.0 Å². The van der Waals surface area contributed by atoms with Crippen LogP contribution in [0.2, 0.25) is 5.15 Å². The highest BCUT2D eigenvalue weighted by Gasteiger charge is 2.17. The zero-order valence-corrected chi connectivity index (χ0v) is 12.0. The standard InChI is InChI=1S/C15H17ClN4/c16-14-11-13(4-6-17-14)12-19-7-9-20(10-8-19)15-3-1-2-5-18-15/h1-6,11H,7-10,12H2. The highest BCUT2D eigenvalue weighted by atomic mass is 35.5. The maximum Gasteiger partial charge on any atom is 0.129 e. The molecule has 0 bridgehead atoms. The largest absolute Gasteiger partial charge is 0.354 e. The molecule has 1 saturated heterocycles. The number of anilines is 1. The van der Waals surface area contributed by atoms with Gasteiger partial charge in [-0.2, -0.15) is 0 Å². The van der Waals surface area contributed by atoms with Gasteiger partial charge in [0.15, 0.2) is 0 Å². The molecule has 0 unspecified atom stereocenters. The van der Waals surface area contributed by atoms with Crippen molar-refractivity contribution in [3.8, 4) is 0 Å². The number of aromatic nitrogens is 2. The summed E-state index contributed by atoms with van der Waals surface area (Å²) in [6.07, 6.45) is 3.61. The minimum atomic E-state index is 0.564. The highest BCUT2D eigenvalue weighted by molar-refractivity contribution is 6.29. The topological polar surface area (TPSA) is 32.3 Å². The molecule has 2 aromatic heterocycles. The van der Waals surface area contributed by atoms with Crippen LogP contribution in [0.5, 0.6) is 0 Å². The van der Waals surface area contributed by atoms with E-state index in [-0.39, 0.29) is 0 Å². The highest BCUT2D eigenvalue weighted by Crippen LogP contribution is 2.15. The Morgan fingerprint density at radius 3 is 2.55 bits per heavy atom. The number of hydrogen-bond acceptors (Lipinski definition) is 4. The minimum Gasteiger partial charge on any atom is -0.354 e. The molecule has 3 heterocycles. The molecule has 0 aliphatic carbocycles. The van der Waals surface area contributed by atoms with Crippen molar-refractivity contribution < 1.29 is 0 Å². The summed E-state index contributed by atoms with van der Waals surface area (Å²) in [6.45, 7) is 5.02. The summed E-state index contributed by atoms with van der Waals surface area (Å²) in [5, 5.41) is 0.564. The maximum absolute atomic E-state index is 5.92.